The molecule has 0 aliphatic rings. The van der Waals surface area contributed by atoms with Gasteiger partial charge in [-0.1, -0.05) is 306 Å². The van der Waals surface area contributed by atoms with Gasteiger partial charge in [-0.05, 0) is 109 Å². The van der Waals surface area contributed by atoms with Gasteiger partial charge < -0.3 is 14.2 Å². The summed E-state index contributed by atoms with van der Waals surface area (Å²) in [5.41, 5.74) is 0. The van der Waals surface area contributed by atoms with Gasteiger partial charge in [0.05, 0.1) is 0 Å². The largest absolute Gasteiger partial charge is 0.462 e. The second-order valence-corrected chi connectivity index (χ2v) is 23.8. The predicted octanol–water partition coefficient (Wildman–Crippen LogP) is 24.3. The lowest BCUT2D eigenvalue weighted by Gasteiger charge is -2.18. The number of carbonyl (C=O) groups is 3. The maximum absolute atomic E-state index is 13.0. The van der Waals surface area contributed by atoms with Crippen LogP contribution in [0.3, 0.4) is 0 Å². The van der Waals surface area contributed by atoms with Crippen molar-refractivity contribution in [3.05, 3.63) is 60.8 Å². The highest BCUT2D eigenvalue weighted by molar-refractivity contribution is 5.71. The summed E-state index contributed by atoms with van der Waals surface area (Å²) in [6.07, 6.45) is 88.1. The van der Waals surface area contributed by atoms with Crippen LogP contribution in [0.1, 0.15) is 374 Å². The third-order valence-corrected chi connectivity index (χ3v) is 15.7. The first-order chi connectivity index (χ1) is 39.5. The summed E-state index contributed by atoms with van der Waals surface area (Å²) in [5, 5.41) is 0. The van der Waals surface area contributed by atoms with Gasteiger partial charge >= 0.3 is 17.9 Å². The molecule has 0 fully saturated rings. The molecule has 0 aliphatic carbocycles. The van der Waals surface area contributed by atoms with Crippen molar-refractivity contribution in [3.63, 3.8) is 0 Å². The summed E-state index contributed by atoms with van der Waals surface area (Å²) in [6.45, 7) is 6.65. The number of hydrogen-bond acceptors (Lipinski definition) is 6. The number of unbranched alkanes of at least 4 members (excludes halogenated alkanes) is 44. The second kappa shape index (κ2) is 68.6. The smallest absolute Gasteiger partial charge is 0.306 e. The molecule has 0 aromatic heterocycles. The molecule has 0 aliphatic heterocycles. The molecule has 1 unspecified atom stereocenters. The Kier molecular flexibility index (Phi) is 66.1. The Bertz CT molecular complexity index is 1430. The molecular formula is C74H134O6. The van der Waals surface area contributed by atoms with Crippen LogP contribution in [0.2, 0.25) is 0 Å². The van der Waals surface area contributed by atoms with E-state index >= 15 is 0 Å². The summed E-state index contributed by atoms with van der Waals surface area (Å²) in [7, 11) is 0. The fraction of sp³-hybridized carbons (Fsp3) is 0.824. The van der Waals surface area contributed by atoms with Gasteiger partial charge in [-0.2, -0.15) is 0 Å². The molecule has 0 aromatic rings. The third-order valence-electron chi connectivity index (χ3n) is 15.7. The first kappa shape index (κ1) is 77.1. The molecule has 1 atom stereocenters. The van der Waals surface area contributed by atoms with Gasteiger partial charge in [0.15, 0.2) is 6.10 Å². The van der Waals surface area contributed by atoms with Gasteiger partial charge in [-0.3, -0.25) is 14.4 Å². The van der Waals surface area contributed by atoms with Crippen molar-refractivity contribution in [2.75, 3.05) is 13.2 Å². The minimum atomic E-state index is -0.781. The van der Waals surface area contributed by atoms with Gasteiger partial charge in [0, 0.05) is 19.3 Å². The van der Waals surface area contributed by atoms with Crippen LogP contribution < -0.4 is 0 Å². The maximum atomic E-state index is 13.0. The lowest BCUT2D eigenvalue weighted by Crippen LogP contribution is -2.30. The average Bonchev–Trinajstić information content (AvgIpc) is 3.46. The number of ether oxygens (including phenoxy) is 3. The quantitative estimate of drug-likeness (QED) is 0.0261. The number of hydrogen-bond donors (Lipinski definition) is 0. The molecule has 0 amide bonds. The van der Waals surface area contributed by atoms with Gasteiger partial charge in [-0.25, -0.2) is 0 Å². The third kappa shape index (κ3) is 65.9. The highest BCUT2D eigenvalue weighted by Gasteiger charge is 2.19. The zero-order valence-corrected chi connectivity index (χ0v) is 53.6. The Morgan fingerprint density at radius 3 is 0.738 bits per heavy atom. The summed E-state index contributed by atoms with van der Waals surface area (Å²) >= 11 is 0. The van der Waals surface area contributed by atoms with Gasteiger partial charge in [0.25, 0.3) is 0 Å². The molecule has 0 heterocycles. The molecule has 0 spiro atoms. The minimum Gasteiger partial charge on any atom is -0.462 e. The molecule has 0 N–H and O–H groups in total. The molecule has 6 nitrogen and oxygen atoms in total. The minimum absolute atomic E-state index is 0.0759. The molecule has 0 radical (unpaired) electrons. The van der Waals surface area contributed by atoms with Crippen LogP contribution in [-0.4, -0.2) is 37.2 Å². The van der Waals surface area contributed by atoms with Crippen LogP contribution in [0.25, 0.3) is 0 Å². The van der Waals surface area contributed by atoms with E-state index in [1.54, 1.807) is 0 Å². The summed E-state index contributed by atoms with van der Waals surface area (Å²) in [5.74, 6) is -0.866. The standard InChI is InChI=1S/C74H134O6/c1-4-7-10-13-16-19-22-25-28-31-34-35-36-37-38-39-41-43-46-49-52-55-58-61-64-67-73(76)79-70-71(69-78-72(75)66-63-60-57-54-51-48-45-42-33-30-27-24-21-18-15-12-9-6-3)80-74(77)68-65-62-59-56-53-50-47-44-40-32-29-26-23-20-17-14-11-8-5-2/h17,20-21,24,26,29-31,33-34,71H,4-16,18-19,22-23,25,27-28,32,35-70H2,1-3H3/b20-17-,24-21-,29-26-,33-30-,34-31-. The molecule has 0 saturated heterocycles. The van der Waals surface area contributed by atoms with Crippen LogP contribution in [0.5, 0.6) is 0 Å². The van der Waals surface area contributed by atoms with Crippen LogP contribution in [0.15, 0.2) is 60.8 Å². The van der Waals surface area contributed by atoms with Crippen molar-refractivity contribution in [2.45, 2.75) is 380 Å². The first-order valence-corrected chi connectivity index (χ1v) is 35.3. The summed E-state index contributed by atoms with van der Waals surface area (Å²) in [6, 6.07) is 0. The highest BCUT2D eigenvalue weighted by Crippen LogP contribution is 2.17. The Hall–Kier alpha value is -2.89. The van der Waals surface area contributed by atoms with E-state index in [-0.39, 0.29) is 31.1 Å². The Morgan fingerprint density at radius 1 is 0.250 bits per heavy atom. The second-order valence-electron chi connectivity index (χ2n) is 23.8. The predicted molar refractivity (Wildman–Crippen MR) is 348 cm³/mol. The zero-order chi connectivity index (χ0) is 57.8. The van der Waals surface area contributed by atoms with Crippen molar-refractivity contribution in [2.24, 2.45) is 0 Å². The molecule has 6 heteroatoms. The van der Waals surface area contributed by atoms with E-state index in [0.29, 0.717) is 19.3 Å². The van der Waals surface area contributed by atoms with Crippen LogP contribution in [0.4, 0.5) is 0 Å². The van der Waals surface area contributed by atoms with Crippen LogP contribution in [-0.2, 0) is 28.6 Å². The van der Waals surface area contributed by atoms with E-state index < -0.39 is 6.10 Å². The van der Waals surface area contributed by atoms with Crippen molar-refractivity contribution in [3.8, 4) is 0 Å². The molecular weight excluding hydrogens is 985 g/mol. The Balaban J connectivity index is 4.32. The highest BCUT2D eigenvalue weighted by atomic mass is 16.6. The van der Waals surface area contributed by atoms with Crippen LogP contribution >= 0.6 is 0 Å². The number of allylic oxidation sites excluding steroid dienone is 10. The van der Waals surface area contributed by atoms with E-state index in [1.807, 2.05) is 0 Å². The summed E-state index contributed by atoms with van der Waals surface area (Å²) in [4.78, 5) is 38.5. The van der Waals surface area contributed by atoms with Crippen molar-refractivity contribution in [1.29, 1.82) is 0 Å². The molecule has 0 aromatic carbocycles. The molecule has 0 bridgehead atoms. The first-order valence-electron chi connectivity index (χ1n) is 35.3. The lowest BCUT2D eigenvalue weighted by atomic mass is 10.0. The zero-order valence-electron chi connectivity index (χ0n) is 53.6. The van der Waals surface area contributed by atoms with Gasteiger partial charge in [0.1, 0.15) is 13.2 Å². The van der Waals surface area contributed by atoms with E-state index in [9.17, 15) is 14.4 Å². The molecule has 0 saturated carbocycles. The molecule has 466 valence electrons. The van der Waals surface area contributed by atoms with Gasteiger partial charge in [-0.15, -0.1) is 0 Å². The lowest BCUT2D eigenvalue weighted by molar-refractivity contribution is -0.167. The van der Waals surface area contributed by atoms with Crippen LogP contribution in [0, 0.1) is 0 Å². The van der Waals surface area contributed by atoms with E-state index in [0.717, 1.165) is 77.0 Å². The van der Waals surface area contributed by atoms with Crippen molar-refractivity contribution >= 4 is 17.9 Å². The number of carbonyl (C=O) groups excluding carboxylic acids is 3. The van der Waals surface area contributed by atoms with E-state index in [1.165, 1.54) is 257 Å². The number of rotatable bonds is 65. The topological polar surface area (TPSA) is 78.9 Å². The van der Waals surface area contributed by atoms with E-state index in [4.69, 9.17) is 14.2 Å². The fourth-order valence-electron chi connectivity index (χ4n) is 10.4. The van der Waals surface area contributed by atoms with Crippen molar-refractivity contribution < 1.29 is 28.6 Å². The summed E-state index contributed by atoms with van der Waals surface area (Å²) < 4.78 is 17.0. The normalized spacial score (nSPS) is 12.4. The number of esters is 3. The molecule has 0 rings (SSSR count). The molecule has 80 heavy (non-hydrogen) atoms. The maximum Gasteiger partial charge on any atom is 0.306 e. The van der Waals surface area contributed by atoms with E-state index in [2.05, 4.69) is 81.5 Å². The monoisotopic (exact) mass is 1120 g/mol. The van der Waals surface area contributed by atoms with Gasteiger partial charge in [0.2, 0.25) is 0 Å². The fourth-order valence-corrected chi connectivity index (χ4v) is 10.4. The van der Waals surface area contributed by atoms with Crippen molar-refractivity contribution in [1.82, 2.24) is 0 Å². The Morgan fingerprint density at radius 2 is 0.450 bits per heavy atom. The SMILES string of the molecule is CCCCC/C=C\C/C=C\CCCCCCCCCCCC(=O)OC(COC(=O)CCCCCCCCC/C=C\C/C=C\CCCCCC)COC(=O)CCCCCCCCCCCCCCC/C=C\CCCCCCCCCC. The Labute approximate surface area is 498 Å². The average molecular weight is 1120 g/mol.